The number of hydrogen-bond acceptors (Lipinski definition) is 4. The van der Waals surface area contributed by atoms with Gasteiger partial charge in [-0.25, -0.2) is 9.97 Å². The second-order valence-corrected chi connectivity index (χ2v) is 4.50. The Morgan fingerprint density at radius 1 is 1.05 bits per heavy atom. The van der Waals surface area contributed by atoms with Crippen LogP contribution in [0.1, 0.15) is 11.1 Å². The highest BCUT2D eigenvalue weighted by molar-refractivity contribution is 5.90. The third kappa shape index (κ3) is 2.01. The molecule has 0 fully saturated rings. The maximum atomic E-state index is 10.8. The largest absolute Gasteiger partial charge is 0.550 e. The van der Waals surface area contributed by atoms with Crippen molar-refractivity contribution in [3.05, 3.63) is 47.5 Å². The van der Waals surface area contributed by atoms with E-state index in [1.807, 2.05) is 31.2 Å². The number of nitrogens with zero attached hydrogens (tertiary/aromatic N) is 2. The highest BCUT2D eigenvalue weighted by atomic mass is 16.4. The van der Waals surface area contributed by atoms with Gasteiger partial charge in [-0.15, -0.1) is 0 Å². The normalized spacial score (nSPS) is 11.0. The molecule has 0 saturated heterocycles. The minimum absolute atomic E-state index is 0.149. The average Bonchev–Trinajstić information content (AvgIpc) is 2.37. The van der Waals surface area contributed by atoms with Crippen LogP contribution >= 0.6 is 0 Å². The third-order valence-corrected chi connectivity index (χ3v) is 3.11. The Kier molecular flexibility index (Phi) is 2.63. The van der Waals surface area contributed by atoms with E-state index in [2.05, 4.69) is 9.97 Å². The summed E-state index contributed by atoms with van der Waals surface area (Å²) in [5.41, 5.74) is 4.65. The Balaban J connectivity index is 2.35. The molecule has 0 N–H and O–H groups in total. The molecule has 0 aliphatic rings. The van der Waals surface area contributed by atoms with Crippen LogP contribution in [0.5, 0.6) is 0 Å². The van der Waals surface area contributed by atoms with Crippen molar-refractivity contribution in [1.29, 1.82) is 0 Å². The summed E-state index contributed by atoms with van der Waals surface area (Å²) in [5.74, 6) is -1.11. The van der Waals surface area contributed by atoms with Crippen molar-refractivity contribution in [2.24, 2.45) is 0 Å². The van der Waals surface area contributed by atoms with Crippen LogP contribution in [-0.4, -0.2) is 15.9 Å². The van der Waals surface area contributed by atoms with E-state index in [1.165, 1.54) is 0 Å². The van der Waals surface area contributed by atoms with E-state index in [0.29, 0.717) is 16.6 Å². The van der Waals surface area contributed by atoms with E-state index in [4.69, 9.17) is 0 Å². The molecular formula is C15H11N2O2-. The molecule has 19 heavy (non-hydrogen) atoms. The molecule has 0 radical (unpaired) electrons. The first-order valence-electron chi connectivity index (χ1n) is 6.00. The lowest BCUT2D eigenvalue weighted by Gasteiger charge is -2.08. The van der Waals surface area contributed by atoms with Gasteiger partial charge < -0.3 is 9.90 Å². The van der Waals surface area contributed by atoms with E-state index in [9.17, 15) is 9.90 Å². The summed E-state index contributed by atoms with van der Waals surface area (Å²) >= 11 is 0. The summed E-state index contributed by atoms with van der Waals surface area (Å²) in [7, 11) is 0. The zero-order chi connectivity index (χ0) is 13.4. The van der Waals surface area contributed by atoms with Gasteiger partial charge in [0.25, 0.3) is 0 Å². The van der Waals surface area contributed by atoms with Crippen LogP contribution in [0.3, 0.4) is 0 Å². The number of hydrogen-bond donors (Lipinski definition) is 0. The van der Waals surface area contributed by atoms with Gasteiger partial charge >= 0.3 is 0 Å². The lowest BCUT2D eigenvalue weighted by atomic mass is 10.1. The second-order valence-electron chi connectivity index (χ2n) is 4.50. The van der Waals surface area contributed by atoms with Crippen molar-refractivity contribution in [2.75, 3.05) is 0 Å². The topological polar surface area (TPSA) is 65.9 Å². The predicted octanol–water partition coefficient (Wildman–Crippen LogP) is 1.38. The predicted molar refractivity (Wildman–Crippen MR) is 70.5 cm³/mol. The molecule has 0 aliphatic carbocycles. The molecule has 0 unspecified atom stereocenters. The summed E-state index contributed by atoms with van der Waals surface area (Å²) in [6, 6.07) is 11.2. The SMILES string of the molecule is Cc1cccc2nc3c(CC(=O)[O-])cccc3nc12. The lowest BCUT2D eigenvalue weighted by Crippen LogP contribution is -2.24. The number of aryl methyl sites for hydroxylation is 1. The first kappa shape index (κ1) is 11.6. The number of carboxylic acids is 1. The van der Waals surface area contributed by atoms with Crippen molar-refractivity contribution < 1.29 is 9.90 Å². The summed E-state index contributed by atoms with van der Waals surface area (Å²) < 4.78 is 0. The van der Waals surface area contributed by atoms with Crippen LogP contribution in [0.25, 0.3) is 22.1 Å². The smallest absolute Gasteiger partial charge is 0.0930 e. The maximum absolute atomic E-state index is 10.8. The number of para-hydroxylation sites is 2. The summed E-state index contributed by atoms with van der Waals surface area (Å²) in [5, 5.41) is 10.8. The standard InChI is InChI=1S/C15H12N2O2/c1-9-4-2-6-11-14(9)16-12-7-3-5-10(8-13(18)19)15(12)17-11/h2-7H,8H2,1H3,(H,18,19)/p-1. The Morgan fingerprint density at radius 3 is 2.42 bits per heavy atom. The van der Waals surface area contributed by atoms with Gasteiger partial charge in [-0.1, -0.05) is 24.3 Å². The molecule has 0 bridgehead atoms. The Morgan fingerprint density at radius 2 is 1.68 bits per heavy atom. The molecule has 0 amide bonds. The monoisotopic (exact) mass is 251 g/mol. The molecule has 0 atom stereocenters. The molecule has 1 aromatic heterocycles. The molecule has 94 valence electrons. The van der Waals surface area contributed by atoms with Crippen LogP contribution in [0.2, 0.25) is 0 Å². The van der Waals surface area contributed by atoms with Gasteiger partial charge in [0, 0.05) is 12.4 Å². The maximum Gasteiger partial charge on any atom is 0.0930 e. The van der Waals surface area contributed by atoms with Crippen LogP contribution < -0.4 is 5.11 Å². The molecule has 0 spiro atoms. The van der Waals surface area contributed by atoms with Gasteiger partial charge in [-0.2, -0.15) is 0 Å². The Bertz CT molecular complexity index is 797. The molecule has 3 aromatic rings. The minimum atomic E-state index is -1.11. The second kappa shape index (κ2) is 4.31. The van der Waals surface area contributed by atoms with Crippen molar-refractivity contribution >= 4 is 28.0 Å². The molecule has 1 heterocycles. The van der Waals surface area contributed by atoms with Gasteiger partial charge in [-0.3, -0.25) is 0 Å². The zero-order valence-electron chi connectivity index (χ0n) is 10.4. The van der Waals surface area contributed by atoms with E-state index < -0.39 is 5.97 Å². The fourth-order valence-corrected chi connectivity index (χ4v) is 2.22. The van der Waals surface area contributed by atoms with E-state index in [0.717, 1.165) is 16.6 Å². The number of carboxylic acid groups (broad SMARTS) is 1. The number of aromatic nitrogens is 2. The van der Waals surface area contributed by atoms with Crippen LogP contribution in [0.15, 0.2) is 36.4 Å². The average molecular weight is 251 g/mol. The lowest BCUT2D eigenvalue weighted by molar-refractivity contribution is -0.304. The highest BCUT2D eigenvalue weighted by Crippen LogP contribution is 2.21. The molecule has 0 aliphatic heterocycles. The number of aliphatic carboxylic acids is 1. The van der Waals surface area contributed by atoms with Crippen LogP contribution in [0.4, 0.5) is 0 Å². The quantitative estimate of drug-likeness (QED) is 0.645. The molecule has 3 rings (SSSR count). The van der Waals surface area contributed by atoms with E-state index in [1.54, 1.807) is 12.1 Å². The molecular weight excluding hydrogens is 240 g/mol. The first-order valence-corrected chi connectivity index (χ1v) is 6.00. The van der Waals surface area contributed by atoms with Crippen LogP contribution in [-0.2, 0) is 11.2 Å². The van der Waals surface area contributed by atoms with E-state index >= 15 is 0 Å². The summed E-state index contributed by atoms with van der Waals surface area (Å²) in [6.45, 7) is 1.98. The molecule has 2 aromatic carbocycles. The van der Waals surface area contributed by atoms with Crippen molar-refractivity contribution in [3.8, 4) is 0 Å². The van der Waals surface area contributed by atoms with Crippen molar-refractivity contribution in [1.82, 2.24) is 9.97 Å². The Labute approximate surface area is 109 Å². The van der Waals surface area contributed by atoms with E-state index in [-0.39, 0.29) is 6.42 Å². The van der Waals surface area contributed by atoms with Crippen molar-refractivity contribution in [3.63, 3.8) is 0 Å². The zero-order valence-corrected chi connectivity index (χ0v) is 10.4. The third-order valence-electron chi connectivity index (χ3n) is 3.11. The van der Waals surface area contributed by atoms with Gasteiger partial charge in [0.1, 0.15) is 0 Å². The molecule has 4 nitrogen and oxygen atoms in total. The van der Waals surface area contributed by atoms with Crippen molar-refractivity contribution in [2.45, 2.75) is 13.3 Å². The number of rotatable bonds is 2. The number of fused-ring (bicyclic) bond motifs is 2. The number of carbonyl (C=O) groups is 1. The Hall–Kier alpha value is -2.49. The van der Waals surface area contributed by atoms with Gasteiger partial charge in [0.05, 0.1) is 22.1 Å². The van der Waals surface area contributed by atoms with Gasteiger partial charge in [0.15, 0.2) is 0 Å². The summed E-state index contributed by atoms with van der Waals surface area (Å²) in [6.07, 6.45) is -0.149. The number of benzene rings is 2. The fraction of sp³-hybridized carbons (Fsp3) is 0.133. The minimum Gasteiger partial charge on any atom is -0.550 e. The van der Waals surface area contributed by atoms with Gasteiger partial charge in [0.2, 0.25) is 0 Å². The molecule has 4 heteroatoms. The number of carbonyl (C=O) groups excluding carboxylic acids is 1. The van der Waals surface area contributed by atoms with Crippen LogP contribution in [0, 0.1) is 6.92 Å². The highest BCUT2D eigenvalue weighted by Gasteiger charge is 2.07. The van der Waals surface area contributed by atoms with Gasteiger partial charge in [-0.05, 0) is 30.2 Å². The molecule has 0 saturated carbocycles. The fourth-order valence-electron chi connectivity index (χ4n) is 2.22. The summed E-state index contributed by atoms with van der Waals surface area (Å²) in [4.78, 5) is 19.9. The first-order chi connectivity index (χ1) is 9.15.